The highest BCUT2D eigenvalue weighted by Crippen LogP contribution is 2.06. The zero-order chi connectivity index (χ0) is 11.4. The van der Waals surface area contributed by atoms with Gasteiger partial charge in [0.15, 0.2) is 0 Å². The third-order valence-electron chi connectivity index (χ3n) is 2.22. The third kappa shape index (κ3) is 2.67. The molecule has 0 aliphatic rings. The molecule has 0 unspecified atom stereocenters. The average molecular weight is 212 g/mol. The largest absolute Gasteiger partial charge is 0.268 e. The summed E-state index contributed by atoms with van der Waals surface area (Å²) in [5, 5.41) is 6.28. The molecule has 0 bridgehead atoms. The van der Waals surface area contributed by atoms with Gasteiger partial charge in [-0.25, -0.2) is 5.10 Å². The molecule has 0 fully saturated rings. The fourth-order valence-corrected chi connectivity index (χ4v) is 1.31. The zero-order valence-electron chi connectivity index (χ0n) is 8.97. The van der Waals surface area contributed by atoms with Crippen LogP contribution >= 0.6 is 0 Å². The number of rotatable bonds is 2. The van der Waals surface area contributed by atoms with Crippen molar-refractivity contribution in [3.8, 4) is 0 Å². The molecule has 80 valence electrons. The van der Waals surface area contributed by atoms with Crippen LogP contribution in [0, 0.1) is 6.92 Å². The maximum absolute atomic E-state index is 10.8. The Morgan fingerprint density at radius 2 is 1.81 bits per heavy atom. The van der Waals surface area contributed by atoms with Crippen LogP contribution in [0.1, 0.15) is 16.8 Å². The summed E-state index contributed by atoms with van der Waals surface area (Å²) in [7, 11) is 0. The molecular weight excluding hydrogens is 200 g/mol. The summed E-state index contributed by atoms with van der Waals surface area (Å²) >= 11 is 0. The number of H-pyrrole nitrogens is 1. The minimum absolute atomic E-state index is 0.188. The van der Waals surface area contributed by atoms with E-state index in [4.69, 9.17) is 0 Å². The Hall–Kier alpha value is -2.16. The maximum Gasteiger partial charge on any atom is 0.264 e. The van der Waals surface area contributed by atoms with Crippen molar-refractivity contribution < 1.29 is 0 Å². The molecule has 3 nitrogen and oxygen atoms in total. The first-order chi connectivity index (χ1) is 7.74. The third-order valence-corrected chi connectivity index (χ3v) is 2.22. The number of nitrogens with one attached hydrogen (secondary N) is 1. The van der Waals surface area contributed by atoms with Gasteiger partial charge in [0.1, 0.15) is 0 Å². The van der Waals surface area contributed by atoms with Gasteiger partial charge in [0.05, 0.1) is 5.69 Å². The molecule has 1 aromatic carbocycles. The van der Waals surface area contributed by atoms with Crippen LogP contribution in [-0.2, 0) is 0 Å². The Morgan fingerprint density at radius 3 is 2.44 bits per heavy atom. The molecule has 1 N–H and O–H groups in total. The van der Waals surface area contributed by atoms with Crippen LogP contribution in [-0.4, -0.2) is 10.2 Å². The SMILES string of the molecule is Cc1ccc(C=Cc2ccc(=O)[nH]n2)cc1. The second kappa shape index (κ2) is 4.57. The van der Waals surface area contributed by atoms with Gasteiger partial charge >= 0.3 is 0 Å². The summed E-state index contributed by atoms with van der Waals surface area (Å²) in [5.41, 5.74) is 2.89. The number of aromatic amines is 1. The molecule has 3 heteroatoms. The number of aromatic nitrogens is 2. The predicted octanol–water partition coefficient (Wildman–Crippen LogP) is 2.25. The second-order valence-corrected chi connectivity index (χ2v) is 3.59. The summed E-state index contributed by atoms with van der Waals surface area (Å²) < 4.78 is 0. The molecule has 2 rings (SSSR count). The molecule has 16 heavy (non-hydrogen) atoms. The van der Waals surface area contributed by atoms with Crippen LogP contribution in [0.3, 0.4) is 0 Å². The fraction of sp³-hybridized carbons (Fsp3) is 0.0769. The van der Waals surface area contributed by atoms with Crippen LogP contribution in [0.25, 0.3) is 12.2 Å². The molecule has 1 heterocycles. The van der Waals surface area contributed by atoms with Crippen molar-refractivity contribution >= 4 is 12.2 Å². The Kier molecular flexibility index (Phi) is 2.96. The Bertz CT molecular complexity index is 532. The van der Waals surface area contributed by atoms with Gasteiger partial charge < -0.3 is 0 Å². The Labute approximate surface area is 93.5 Å². The van der Waals surface area contributed by atoms with Crippen LogP contribution in [0.2, 0.25) is 0 Å². The normalized spacial score (nSPS) is 10.8. The molecule has 0 aliphatic carbocycles. The van der Waals surface area contributed by atoms with Gasteiger partial charge in [-0.15, -0.1) is 0 Å². The van der Waals surface area contributed by atoms with Crippen molar-refractivity contribution in [2.24, 2.45) is 0 Å². The monoisotopic (exact) mass is 212 g/mol. The molecule has 0 saturated carbocycles. The molecule has 1 aromatic heterocycles. The minimum atomic E-state index is -0.188. The van der Waals surface area contributed by atoms with E-state index in [-0.39, 0.29) is 5.56 Å². The highest BCUT2D eigenvalue weighted by molar-refractivity contribution is 5.67. The second-order valence-electron chi connectivity index (χ2n) is 3.59. The van der Waals surface area contributed by atoms with E-state index in [0.717, 1.165) is 11.3 Å². The smallest absolute Gasteiger partial charge is 0.264 e. The highest BCUT2D eigenvalue weighted by atomic mass is 16.1. The summed E-state index contributed by atoms with van der Waals surface area (Å²) in [4.78, 5) is 10.8. The lowest BCUT2D eigenvalue weighted by molar-refractivity contribution is 0.977. The number of hydrogen-bond donors (Lipinski definition) is 1. The number of hydrogen-bond acceptors (Lipinski definition) is 2. The van der Waals surface area contributed by atoms with E-state index in [9.17, 15) is 4.79 Å². The topological polar surface area (TPSA) is 45.8 Å². The zero-order valence-corrected chi connectivity index (χ0v) is 8.97. The van der Waals surface area contributed by atoms with E-state index in [0.29, 0.717) is 0 Å². The Morgan fingerprint density at radius 1 is 1.06 bits per heavy atom. The summed E-state index contributed by atoms with van der Waals surface area (Å²) in [6.45, 7) is 2.05. The first kappa shape index (κ1) is 10.4. The van der Waals surface area contributed by atoms with Crippen molar-refractivity contribution in [2.75, 3.05) is 0 Å². The Balaban J connectivity index is 2.18. The van der Waals surface area contributed by atoms with E-state index < -0.39 is 0 Å². The molecule has 2 aromatic rings. The maximum atomic E-state index is 10.8. The average Bonchev–Trinajstić information content (AvgIpc) is 2.30. The number of aryl methyl sites for hydroxylation is 1. The molecule has 0 amide bonds. The van der Waals surface area contributed by atoms with Gasteiger partial charge in [0.25, 0.3) is 5.56 Å². The van der Waals surface area contributed by atoms with Crippen LogP contribution in [0.15, 0.2) is 41.2 Å². The number of nitrogens with zero attached hydrogens (tertiary/aromatic N) is 1. The van der Waals surface area contributed by atoms with E-state index in [2.05, 4.69) is 29.3 Å². The molecular formula is C13H12N2O. The van der Waals surface area contributed by atoms with E-state index >= 15 is 0 Å². The van der Waals surface area contributed by atoms with Gasteiger partial charge in [0.2, 0.25) is 0 Å². The van der Waals surface area contributed by atoms with Crippen molar-refractivity contribution in [3.05, 3.63) is 63.6 Å². The van der Waals surface area contributed by atoms with Crippen LogP contribution < -0.4 is 5.56 Å². The predicted molar refractivity (Wildman–Crippen MR) is 65.0 cm³/mol. The fourth-order valence-electron chi connectivity index (χ4n) is 1.31. The van der Waals surface area contributed by atoms with Crippen molar-refractivity contribution in [3.63, 3.8) is 0 Å². The molecule has 0 radical (unpaired) electrons. The van der Waals surface area contributed by atoms with E-state index in [1.807, 2.05) is 24.3 Å². The van der Waals surface area contributed by atoms with E-state index in [1.165, 1.54) is 11.6 Å². The lowest BCUT2D eigenvalue weighted by Crippen LogP contribution is -2.05. The van der Waals surface area contributed by atoms with Gasteiger partial charge in [-0.3, -0.25) is 4.79 Å². The summed E-state index contributed by atoms with van der Waals surface area (Å²) in [6, 6.07) is 11.3. The van der Waals surface area contributed by atoms with Crippen LogP contribution in [0.4, 0.5) is 0 Å². The first-order valence-corrected chi connectivity index (χ1v) is 5.04. The van der Waals surface area contributed by atoms with E-state index in [1.54, 1.807) is 6.07 Å². The summed E-state index contributed by atoms with van der Waals surface area (Å²) in [6.07, 6.45) is 3.82. The standard InChI is InChI=1S/C13H12N2O/c1-10-2-4-11(5-3-10)6-7-12-8-9-13(16)15-14-12/h2-9H,1H3,(H,15,16). The highest BCUT2D eigenvalue weighted by Gasteiger charge is 1.89. The van der Waals surface area contributed by atoms with Gasteiger partial charge in [0, 0.05) is 6.07 Å². The quantitative estimate of drug-likeness (QED) is 0.829. The van der Waals surface area contributed by atoms with Crippen LogP contribution in [0.5, 0.6) is 0 Å². The van der Waals surface area contributed by atoms with Crippen molar-refractivity contribution in [2.45, 2.75) is 6.92 Å². The molecule has 0 saturated heterocycles. The first-order valence-electron chi connectivity index (χ1n) is 5.04. The van der Waals surface area contributed by atoms with Gasteiger partial charge in [-0.2, -0.15) is 5.10 Å². The lowest BCUT2D eigenvalue weighted by Gasteiger charge is -1.94. The molecule has 0 atom stereocenters. The van der Waals surface area contributed by atoms with Gasteiger partial charge in [-0.05, 0) is 24.6 Å². The molecule has 0 spiro atoms. The molecule has 0 aliphatic heterocycles. The minimum Gasteiger partial charge on any atom is -0.268 e. The van der Waals surface area contributed by atoms with Gasteiger partial charge in [-0.1, -0.05) is 35.9 Å². The summed E-state index contributed by atoms with van der Waals surface area (Å²) in [5.74, 6) is 0. The lowest BCUT2D eigenvalue weighted by atomic mass is 10.1. The van der Waals surface area contributed by atoms with Crippen molar-refractivity contribution in [1.29, 1.82) is 0 Å². The number of benzene rings is 1. The van der Waals surface area contributed by atoms with Crippen molar-refractivity contribution in [1.82, 2.24) is 10.2 Å².